The number of aromatic carboxylic acids is 1. The van der Waals surface area contributed by atoms with Crippen LogP contribution in [0.3, 0.4) is 0 Å². The molecule has 4 N–H and O–H groups in total. The first kappa shape index (κ1) is 13.5. The summed E-state index contributed by atoms with van der Waals surface area (Å²) >= 11 is 1.10. The number of hydrogen-bond acceptors (Lipinski definition) is 6. The molecule has 2 aromatic rings. The highest BCUT2D eigenvalue weighted by Crippen LogP contribution is 2.22. The molecule has 1 heterocycles. The summed E-state index contributed by atoms with van der Waals surface area (Å²) in [5.41, 5.74) is 0.382. The Balaban J connectivity index is 2.26. The van der Waals surface area contributed by atoms with Crippen LogP contribution in [0.5, 0.6) is 0 Å². The zero-order valence-electron chi connectivity index (χ0n) is 9.40. The number of thiazole rings is 1. The topological polar surface area (TPSA) is 122 Å². The highest BCUT2D eigenvalue weighted by Gasteiger charge is 2.11. The summed E-state index contributed by atoms with van der Waals surface area (Å²) in [6.07, 6.45) is 0. The number of benzene rings is 1. The van der Waals surface area contributed by atoms with Crippen LogP contribution in [0.25, 0.3) is 0 Å². The summed E-state index contributed by atoms with van der Waals surface area (Å²) in [5.74, 6) is -1.12. The number of nitrogens with one attached hydrogen (secondary N) is 1. The van der Waals surface area contributed by atoms with Crippen molar-refractivity contribution in [1.82, 2.24) is 4.98 Å². The lowest BCUT2D eigenvalue weighted by Gasteiger charge is -2.04. The molecule has 7 nitrogen and oxygen atoms in total. The van der Waals surface area contributed by atoms with E-state index in [2.05, 4.69) is 10.3 Å². The summed E-state index contributed by atoms with van der Waals surface area (Å²) in [4.78, 5) is 14.5. The third-order valence-corrected chi connectivity index (χ3v) is 3.81. The van der Waals surface area contributed by atoms with Gasteiger partial charge in [0.25, 0.3) is 0 Å². The first-order chi connectivity index (χ1) is 8.86. The van der Waals surface area contributed by atoms with E-state index in [-0.39, 0.29) is 10.6 Å². The van der Waals surface area contributed by atoms with Gasteiger partial charge in [-0.15, -0.1) is 11.3 Å². The number of rotatable bonds is 4. The van der Waals surface area contributed by atoms with Gasteiger partial charge in [0.15, 0.2) is 10.8 Å². The van der Waals surface area contributed by atoms with Crippen molar-refractivity contribution in [3.05, 3.63) is 35.3 Å². The van der Waals surface area contributed by atoms with Crippen molar-refractivity contribution in [2.45, 2.75) is 4.90 Å². The van der Waals surface area contributed by atoms with Crippen LogP contribution in [-0.4, -0.2) is 24.5 Å². The normalized spacial score (nSPS) is 11.2. The second kappa shape index (κ2) is 4.96. The van der Waals surface area contributed by atoms with E-state index in [9.17, 15) is 13.2 Å². The maximum Gasteiger partial charge on any atom is 0.355 e. The monoisotopic (exact) mass is 299 g/mol. The van der Waals surface area contributed by atoms with Crippen molar-refractivity contribution < 1.29 is 18.3 Å². The summed E-state index contributed by atoms with van der Waals surface area (Å²) in [7, 11) is -3.78. The summed E-state index contributed by atoms with van der Waals surface area (Å²) in [5, 5.41) is 18.3. The number of primary sulfonamides is 1. The number of nitrogens with zero attached hydrogens (tertiary/aromatic N) is 1. The van der Waals surface area contributed by atoms with Crippen molar-refractivity contribution in [2.75, 3.05) is 5.32 Å². The minimum Gasteiger partial charge on any atom is -0.476 e. The van der Waals surface area contributed by atoms with Gasteiger partial charge in [0.05, 0.1) is 4.90 Å². The molecule has 2 rings (SSSR count). The van der Waals surface area contributed by atoms with Crippen molar-refractivity contribution in [1.29, 1.82) is 0 Å². The van der Waals surface area contributed by atoms with Crippen molar-refractivity contribution in [2.24, 2.45) is 5.14 Å². The minimum absolute atomic E-state index is 0.0347. The van der Waals surface area contributed by atoms with Crippen LogP contribution in [0, 0.1) is 0 Å². The van der Waals surface area contributed by atoms with Crippen LogP contribution in [0.1, 0.15) is 10.5 Å². The number of carbonyl (C=O) groups is 1. The Morgan fingerprint density at radius 2 is 2.16 bits per heavy atom. The summed E-state index contributed by atoms with van der Waals surface area (Å²) in [6, 6.07) is 5.85. The Bertz CT molecular complexity index is 724. The first-order valence-electron chi connectivity index (χ1n) is 4.95. The molecular weight excluding hydrogens is 290 g/mol. The highest BCUT2D eigenvalue weighted by atomic mass is 32.2. The summed E-state index contributed by atoms with van der Waals surface area (Å²) < 4.78 is 22.4. The predicted octanol–water partition coefficient (Wildman–Crippen LogP) is 1.23. The van der Waals surface area contributed by atoms with Crippen molar-refractivity contribution in [3.8, 4) is 0 Å². The van der Waals surface area contributed by atoms with E-state index in [0.29, 0.717) is 10.8 Å². The Labute approximate surface area is 112 Å². The van der Waals surface area contributed by atoms with E-state index in [1.807, 2.05) is 0 Å². The van der Waals surface area contributed by atoms with Crippen LogP contribution in [0.4, 0.5) is 10.8 Å². The first-order valence-corrected chi connectivity index (χ1v) is 7.37. The lowest BCUT2D eigenvalue weighted by atomic mass is 10.3. The van der Waals surface area contributed by atoms with Crippen LogP contribution < -0.4 is 10.5 Å². The Hall–Kier alpha value is -1.97. The molecule has 0 bridgehead atoms. The van der Waals surface area contributed by atoms with Crippen LogP contribution in [-0.2, 0) is 10.0 Å². The largest absolute Gasteiger partial charge is 0.476 e. The number of nitrogens with two attached hydrogens (primary N) is 1. The molecule has 0 radical (unpaired) electrons. The number of aromatic nitrogens is 1. The average molecular weight is 299 g/mol. The molecule has 0 spiro atoms. The second-order valence-corrected chi connectivity index (χ2v) is 5.96. The smallest absolute Gasteiger partial charge is 0.355 e. The number of hydrogen-bond donors (Lipinski definition) is 3. The van der Waals surface area contributed by atoms with Gasteiger partial charge in [0.2, 0.25) is 10.0 Å². The van der Waals surface area contributed by atoms with E-state index < -0.39 is 16.0 Å². The molecular formula is C10H9N3O4S2. The van der Waals surface area contributed by atoms with Gasteiger partial charge in [-0.25, -0.2) is 23.3 Å². The molecule has 0 unspecified atom stereocenters. The molecule has 0 saturated carbocycles. The third-order valence-electron chi connectivity index (χ3n) is 2.14. The zero-order valence-corrected chi connectivity index (χ0v) is 11.0. The molecule has 0 aliphatic rings. The van der Waals surface area contributed by atoms with Gasteiger partial charge in [0, 0.05) is 11.1 Å². The lowest BCUT2D eigenvalue weighted by Crippen LogP contribution is -2.12. The number of anilines is 2. The van der Waals surface area contributed by atoms with Gasteiger partial charge in [-0.2, -0.15) is 0 Å². The van der Waals surface area contributed by atoms with E-state index in [1.54, 1.807) is 6.07 Å². The molecule has 0 saturated heterocycles. The third kappa shape index (κ3) is 3.28. The van der Waals surface area contributed by atoms with Crippen molar-refractivity contribution >= 4 is 38.1 Å². The Morgan fingerprint density at radius 1 is 1.42 bits per heavy atom. The van der Waals surface area contributed by atoms with E-state index in [4.69, 9.17) is 10.2 Å². The second-order valence-electron chi connectivity index (χ2n) is 3.54. The highest BCUT2D eigenvalue weighted by molar-refractivity contribution is 7.89. The molecule has 0 aliphatic heterocycles. The Kier molecular flexibility index (Phi) is 3.51. The van der Waals surface area contributed by atoms with Gasteiger partial charge in [-0.3, -0.25) is 0 Å². The molecule has 19 heavy (non-hydrogen) atoms. The quantitative estimate of drug-likeness (QED) is 0.780. The van der Waals surface area contributed by atoms with Gasteiger partial charge < -0.3 is 10.4 Å². The molecule has 9 heteroatoms. The van der Waals surface area contributed by atoms with Crippen molar-refractivity contribution in [3.63, 3.8) is 0 Å². The van der Waals surface area contributed by atoms with Gasteiger partial charge in [0.1, 0.15) is 0 Å². The molecule has 1 aromatic carbocycles. The molecule has 100 valence electrons. The Morgan fingerprint density at radius 3 is 2.74 bits per heavy atom. The maximum atomic E-state index is 11.2. The summed E-state index contributed by atoms with van der Waals surface area (Å²) in [6.45, 7) is 0. The van der Waals surface area contributed by atoms with E-state index >= 15 is 0 Å². The number of sulfonamides is 1. The van der Waals surface area contributed by atoms with Crippen LogP contribution in [0.15, 0.2) is 34.5 Å². The number of carboxylic acids is 1. The molecule has 0 amide bonds. The molecule has 1 aromatic heterocycles. The van der Waals surface area contributed by atoms with Crippen LogP contribution >= 0.6 is 11.3 Å². The average Bonchev–Trinajstić information content (AvgIpc) is 2.77. The molecule has 0 aliphatic carbocycles. The van der Waals surface area contributed by atoms with Gasteiger partial charge in [-0.1, -0.05) is 6.07 Å². The van der Waals surface area contributed by atoms with Gasteiger partial charge >= 0.3 is 5.97 Å². The lowest BCUT2D eigenvalue weighted by molar-refractivity contribution is 0.0691. The maximum absolute atomic E-state index is 11.2. The fraction of sp³-hybridized carbons (Fsp3) is 0. The number of carboxylic acid groups (broad SMARTS) is 1. The standard InChI is InChI=1S/C10H9N3O4S2/c11-19(16,17)7-3-1-2-6(4-7)12-10-13-8(5-18-10)9(14)15/h1-5H,(H,12,13)(H,14,15)(H2,11,16,17). The zero-order chi connectivity index (χ0) is 14.0. The predicted molar refractivity (Wildman–Crippen MR) is 70.2 cm³/mol. The molecule has 0 fully saturated rings. The van der Waals surface area contributed by atoms with Crippen LogP contribution in [0.2, 0.25) is 0 Å². The SMILES string of the molecule is NS(=O)(=O)c1cccc(Nc2nc(C(=O)O)cs2)c1. The fourth-order valence-corrected chi connectivity index (χ4v) is 2.57. The van der Waals surface area contributed by atoms with Gasteiger partial charge in [-0.05, 0) is 18.2 Å². The van der Waals surface area contributed by atoms with E-state index in [1.165, 1.54) is 23.6 Å². The fourth-order valence-electron chi connectivity index (χ4n) is 1.30. The van der Waals surface area contributed by atoms with E-state index in [0.717, 1.165) is 11.3 Å². The minimum atomic E-state index is -3.78. The molecule has 0 atom stereocenters.